The van der Waals surface area contributed by atoms with Gasteiger partial charge in [-0.05, 0) is 42.7 Å². The van der Waals surface area contributed by atoms with Gasteiger partial charge in [-0.1, -0.05) is 6.07 Å². The Morgan fingerprint density at radius 3 is 2.37 bits per heavy atom. The Morgan fingerprint density at radius 2 is 1.81 bits per heavy atom. The van der Waals surface area contributed by atoms with Crippen LogP contribution in [0.25, 0.3) is 0 Å². The number of alkyl halides is 6. The van der Waals surface area contributed by atoms with Crippen LogP contribution in [0.5, 0.6) is 0 Å². The molecule has 0 aliphatic rings. The van der Waals surface area contributed by atoms with Crippen LogP contribution in [0, 0.1) is 11.3 Å². The number of aromatic nitrogens is 1. The van der Waals surface area contributed by atoms with Gasteiger partial charge in [0.2, 0.25) is 0 Å². The molecular weight excluding hydrogens is 372 g/mol. The van der Waals surface area contributed by atoms with Crippen molar-refractivity contribution in [3.05, 3.63) is 59.4 Å². The Labute approximate surface area is 151 Å². The number of hydrogen-bond acceptors (Lipinski definition) is 3. The Hall–Kier alpha value is -2.76. The molecule has 0 fully saturated rings. The predicted octanol–water partition coefficient (Wildman–Crippen LogP) is 4.97. The summed E-state index contributed by atoms with van der Waals surface area (Å²) in [4.78, 5) is 4.75. The number of nitriles is 1. The van der Waals surface area contributed by atoms with E-state index in [1.807, 2.05) is 0 Å². The molecule has 1 aromatic carbocycles. The van der Waals surface area contributed by atoms with E-state index in [0.717, 1.165) is 22.6 Å². The Balaban J connectivity index is 2.24. The van der Waals surface area contributed by atoms with Gasteiger partial charge in [0.15, 0.2) is 0 Å². The van der Waals surface area contributed by atoms with Crippen LogP contribution in [0.3, 0.4) is 0 Å². The van der Waals surface area contributed by atoms with Crippen molar-refractivity contribution >= 4 is 5.69 Å². The fourth-order valence-corrected chi connectivity index (χ4v) is 2.60. The molecule has 2 rings (SSSR count). The molecule has 0 unspecified atom stereocenters. The minimum absolute atomic E-state index is 0.0996. The van der Waals surface area contributed by atoms with Gasteiger partial charge in [-0.2, -0.15) is 31.6 Å². The third kappa shape index (κ3) is 6.16. The number of pyridine rings is 1. The first-order chi connectivity index (χ1) is 12.6. The van der Waals surface area contributed by atoms with E-state index < -0.39 is 30.0 Å². The van der Waals surface area contributed by atoms with E-state index in [-0.39, 0.29) is 12.2 Å². The number of anilines is 1. The highest BCUT2D eigenvalue weighted by Crippen LogP contribution is 2.35. The van der Waals surface area contributed by atoms with Crippen molar-refractivity contribution in [3.63, 3.8) is 0 Å². The van der Waals surface area contributed by atoms with E-state index >= 15 is 0 Å². The summed E-state index contributed by atoms with van der Waals surface area (Å²) >= 11 is 0. The highest BCUT2D eigenvalue weighted by molar-refractivity contribution is 5.55. The molecule has 0 aliphatic carbocycles. The van der Waals surface area contributed by atoms with Crippen LogP contribution in [0.1, 0.15) is 23.1 Å². The summed E-state index contributed by atoms with van der Waals surface area (Å²) in [7, 11) is 0. The lowest BCUT2D eigenvalue weighted by molar-refractivity contribution is -0.137. The van der Waals surface area contributed by atoms with Crippen LogP contribution in [0.15, 0.2) is 42.7 Å². The van der Waals surface area contributed by atoms with Gasteiger partial charge >= 0.3 is 12.4 Å². The Morgan fingerprint density at radius 1 is 1.07 bits per heavy atom. The zero-order valence-corrected chi connectivity index (χ0v) is 14.0. The lowest BCUT2D eigenvalue weighted by Gasteiger charge is -2.27. The number of nitrogens with zero attached hydrogens (tertiary/aromatic N) is 3. The van der Waals surface area contributed by atoms with E-state index in [1.165, 1.54) is 6.07 Å². The molecule has 1 heterocycles. The maximum Gasteiger partial charge on any atom is 0.417 e. The highest BCUT2D eigenvalue weighted by atomic mass is 19.4. The van der Waals surface area contributed by atoms with Gasteiger partial charge in [0, 0.05) is 24.6 Å². The molecule has 0 N–H and O–H groups in total. The lowest BCUT2D eigenvalue weighted by Crippen LogP contribution is -2.35. The van der Waals surface area contributed by atoms with Gasteiger partial charge in [-0.3, -0.25) is 4.98 Å². The summed E-state index contributed by atoms with van der Waals surface area (Å²) in [6, 6.07) is 7.46. The summed E-state index contributed by atoms with van der Waals surface area (Å²) in [5.41, 5.74) is -1.29. The van der Waals surface area contributed by atoms with Gasteiger partial charge in [0.25, 0.3) is 0 Å². The number of aryl methyl sites for hydroxylation is 1. The predicted molar refractivity (Wildman–Crippen MR) is 87.0 cm³/mol. The third-order valence-electron chi connectivity index (χ3n) is 3.78. The maximum atomic E-state index is 13.1. The summed E-state index contributed by atoms with van der Waals surface area (Å²) in [6.45, 7) is -1.49. The monoisotopic (exact) mass is 387 g/mol. The molecule has 0 radical (unpaired) electrons. The number of hydrogen-bond donors (Lipinski definition) is 0. The largest absolute Gasteiger partial charge is 0.417 e. The average molecular weight is 387 g/mol. The van der Waals surface area contributed by atoms with Gasteiger partial charge in [-0.15, -0.1) is 0 Å². The zero-order valence-electron chi connectivity index (χ0n) is 14.0. The van der Waals surface area contributed by atoms with Crippen LogP contribution < -0.4 is 4.90 Å². The number of benzene rings is 1. The lowest BCUT2D eigenvalue weighted by atomic mass is 10.1. The molecule has 144 valence electrons. The van der Waals surface area contributed by atoms with Crippen molar-refractivity contribution in [1.82, 2.24) is 4.98 Å². The average Bonchev–Trinajstić information content (AvgIpc) is 2.59. The van der Waals surface area contributed by atoms with Crippen molar-refractivity contribution < 1.29 is 26.3 Å². The molecule has 0 atom stereocenters. The smallest absolute Gasteiger partial charge is 0.363 e. The molecule has 2 aromatic rings. The van der Waals surface area contributed by atoms with E-state index in [0.29, 0.717) is 18.9 Å². The maximum absolute atomic E-state index is 13.1. The molecule has 9 heteroatoms. The van der Waals surface area contributed by atoms with Crippen LogP contribution in [-0.4, -0.2) is 24.2 Å². The molecule has 0 saturated heterocycles. The summed E-state index contributed by atoms with van der Waals surface area (Å²) in [5.74, 6) is 0. The van der Waals surface area contributed by atoms with Crippen molar-refractivity contribution in [1.29, 1.82) is 5.26 Å². The van der Waals surface area contributed by atoms with Gasteiger partial charge in [0.05, 0.1) is 17.2 Å². The highest BCUT2D eigenvalue weighted by Gasteiger charge is 2.35. The third-order valence-corrected chi connectivity index (χ3v) is 3.78. The summed E-state index contributed by atoms with van der Waals surface area (Å²) < 4.78 is 78.0. The minimum Gasteiger partial charge on any atom is -0.363 e. The zero-order chi connectivity index (χ0) is 20.1. The van der Waals surface area contributed by atoms with Crippen molar-refractivity contribution in [2.24, 2.45) is 0 Å². The molecular formula is C18H15F6N3. The molecule has 0 aliphatic heterocycles. The van der Waals surface area contributed by atoms with Crippen molar-refractivity contribution in [2.75, 3.05) is 18.0 Å². The quantitative estimate of drug-likeness (QED) is 0.657. The van der Waals surface area contributed by atoms with Crippen LogP contribution in [0.2, 0.25) is 0 Å². The topological polar surface area (TPSA) is 39.9 Å². The second-order valence-corrected chi connectivity index (χ2v) is 5.84. The number of halogens is 6. The van der Waals surface area contributed by atoms with Crippen molar-refractivity contribution in [3.8, 4) is 6.07 Å². The first-order valence-electron chi connectivity index (χ1n) is 7.92. The van der Waals surface area contributed by atoms with Crippen LogP contribution >= 0.6 is 0 Å². The fraction of sp³-hybridized carbons (Fsp3) is 0.333. The van der Waals surface area contributed by atoms with E-state index in [2.05, 4.69) is 4.98 Å². The van der Waals surface area contributed by atoms with E-state index in [1.54, 1.807) is 24.5 Å². The molecule has 27 heavy (non-hydrogen) atoms. The molecule has 0 spiro atoms. The standard InChI is InChI=1S/C18H15F6N3/c19-17(20,21)12-27(8-2-4-13-3-1-7-26-11-13)15-6-5-14(10-25)16(9-15)18(22,23)24/h1,3,5-7,9,11H,2,4,8,12H2. The van der Waals surface area contributed by atoms with Crippen molar-refractivity contribution in [2.45, 2.75) is 25.2 Å². The molecule has 0 bridgehead atoms. The second kappa shape index (κ2) is 8.29. The fourth-order valence-electron chi connectivity index (χ4n) is 2.60. The van der Waals surface area contributed by atoms with Gasteiger partial charge in [-0.25, -0.2) is 0 Å². The second-order valence-electron chi connectivity index (χ2n) is 5.84. The number of rotatable bonds is 6. The summed E-state index contributed by atoms with van der Waals surface area (Å²) in [6.07, 6.45) is -5.54. The van der Waals surface area contributed by atoms with Gasteiger partial charge < -0.3 is 4.90 Å². The molecule has 1 aromatic heterocycles. The Bertz CT molecular complexity index is 793. The van der Waals surface area contributed by atoms with Gasteiger partial charge in [0.1, 0.15) is 6.54 Å². The van der Waals surface area contributed by atoms with Crippen LogP contribution in [-0.2, 0) is 12.6 Å². The molecule has 0 saturated carbocycles. The van der Waals surface area contributed by atoms with E-state index in [4.69, 9.17) is 5.26 Å². The molecule has 3 nitrogen and oxygen atoms in total. The first kappa shape index (κ1) is 20.6. The van der Waals surface area contributed by atoms with Crippen LogP contribution in [0.4, 0.5) is 32.0 Å². The van der Waals surface area contributed by atoms with E-state index in [9.17, 15) is 26.3 Å². The molecule has 0 amide bonds. The minimum atomic E-state index is -4.83. The Kier molecular flexibility index (Phi) is 6.31. The summed E-state index contributed by atoms with van der Waals surface area (Å²) in [5, 5.41) is 8.82. The normalized spacial score (nSPS) is 11.9. The SMILES string of the molecule is N#Cc1ccc(N(CCCc2cccnc2)CC(F)(F)F)cc1C(F)(F)F. The first-order valence-corrected chi connectivity index (χ1v) is 7.92.